The number of anilines is 2. The summed E-state index contributed by atoms with van der Waals surface area (Å²) < 4.78 is 4.79. The second-order valence-electron chi connectivity index (χ2n) is 7.28. The molecule has 0 fully saturated rings. The summed E-state index contributed by atoms with van der Waals surface area (Å²) in [7, 11) is 1.30. The largest absolute Gasteiger partial charge is 0.465 e. The van der Waals surface area contributed by atoms with Gasteiger partial charge in [0, 0.05) is 10.6 Å². The molecule has 33 heavy (non-hydrogen) atoms. The van der Waals surface area contributed by atoms with Crippen molar-refractivity contribution in [3.8, 4) is 0 Å². The van der Waals surface area contributed by atoms with Gasteiger partial charge in [0.15, 0.2) is 0 Å². The molecular formula is C26H26N2O4S. The van der Waals surface area contributed by atoms with Crippen LogP contribution in [0.15, 0.2) is 83.8 Å². The van der Waals surface area contributed by atoms with Crippen molar-refractivity contribution < 1.29 is 19.1 Å². The summed E-state index contributed by atoms with van der Waals surface area (Å²) >= 11 is 1.40. The number of hydrogen-bond acceptors (Lipinski definition) is 5. The van der Waals surface area contributed by atoms with E-state index in [1.54, 1.807) is 24.3 Å². The number of nitrogens with one attached hydrogen (secondary N) is 2. The van der Waals surface area contributed by atoms with Gasteiger partial charge in [0.05, 0.1) is 30.0 Å². The van der Waals surface area contributed by atoms with Gasteiger partial charge < -0.3 is 15.4 Å². The van der Waals surface area contributed by atoms with Gasteiger partial charge in [-0.3, -0.25) is 9.59 Å². The van der Waals surface area contributed by atoms with Crippen molar-refractivity contribution in [2.24, 2.45) is 0 Å². The van der Waals surface area contributed by atoms with Gasteiger partial charge >= 0.3 is 5.97 Å². The topological polar surface area (TPSA) is 84.5 Å². The first-order valence-corrected chi connectivity index (χ1v) is 11.5. The third kappa shape index (κ3) is 6.95. The number of carbonyl (C=O) groups is 3. The standard InChI is InChI=1S/C26H26N2O4S/c1-3-23(25(30)28-22-15-8-7-14-21(22)26(31)32-2)33-20-13-9-12-19(17-20)27-24(29)16-18-10-5-4-6-11-18/h4-15,17,23H,3,16H2,1-2H3,(H,27,29)(H,28,30). The Hall–Kier alpha value is -3.58. The van der Waals surface area contributed by atoms with Crippen LogP contribution in [-0.4, -0.2) is 30.1 Å². The Balaban J connectivity index is 1.65. The van der Waals surface area contributed by atoms with Crippen LogP contribution in [-0.2, 0) is 20.7 Å². The average molecular weight is 463 g/mol. The Morgan fingerprint density at radius 1 is 0.909 bits per heavy atom. The van der Waals surface area contributed by atoms with Gasteiger partial charge in [-0.05, 0) is 42.3 Å². The molecule has 0 saturated carbocycles. The average Bonchev–Trinajstić information content (AvgIpc) is 2.83. The molecule has 2 N–H and O–H groups in total. The summed E-state index contributed by atoms with van der Waals surface area (Å²) in [6.45, 7) is 1.93. The van der Waals surface area contributed by atoms with Crippen LogP contribution in [0.2, 0.25) is 0 Å². The molecule has 0 aliphatic heterocycles. The van der Waals surface area contributed by atoms with Crippen molar-refractivity contribution in [3.05, 3.63) is 90.0 Å². The molecule has 2 amide bonds. The highest BCUT2D eigenvalue weighted by atomic mass is 32.2. The van der Waals surface area contributed by atoms with Crippen LogP contribution < -0.4 is 10.6 Å². The number of benzene rings is 3. The monoisotopic (exact) mass is 462 g/mol. The Labute approximate surface area is 197 Å². The van der Waals surface area contributed by atoms with Gasteiger partial charge in [-0.2, -0.15) is 0 Å². The van der Waals surface area contributed by atoms with Crippen molar-refractivity contribution >= 4 is 40.9 Å². The molecule has 6 nitrogen and oxygen atoms in total. The lowest BCUT2D eigenvalue weighted by Crippen LogP contribution is -2.25. The number of methoxy groups -OCH3 is 1. The highest BCUT2D eigenvalue weighted by Gasteiger charge is 2.21. The summed E-state index contributed by atoms with van der Waals surface area (Å²) in [6, 6.07) is 23.7. The summed E-state index contributed by atoms with van der Waals surface area (Å²) in [6.07, 6.45) is 0.874. The van der Waals surface area contributed by atoms with Crippen molar-refractivity contribution in [3.63, 3.8) is 0 Å². The minimum atomic E-state index is -0.509. The molecule has 0 heterocycles. The van der Waals surface area contributed by atoms with Gasteiger partial charge in [-0.1, -0.05) is 55.5 Å². The Bertz CT molecular complexity index is 1120. The van der Waals surface area contributed by atoms with E-state index in [2.05, 4.69) is 10.6 Å². The summed E-state index contributed by atoms with van der Waals surface area (Å²) in [5, 5.41) is 5.37. The lowest BCUT2D eigenvalue weighted by molar-refractivity contribution is -0.116. The smallest absolute Gasteiger partial charge is 0.339 e. The molecule has 3 aromatic carbocycles. The number of hydrogen-bond donors (Lipinski definition) is 2. The Morgan fingerprint density at radius 3 is 2.36 bits per heavy atom. The van der Waals surface area contributed by atoms with E-state index in [-0.39, 0.29) is 23.5 Å². The Kier molecular flexibility index (Phi) is 8.66. The first-order valence-electron chi connectivity index (χ1n) is 10.6. The zero-order valence-electron chi connectivity index (χ0n) is 18.5. The highest BCUT2D eigenvalue weighted by Crippen LogP contribution is 2.29. The van der Waals surface area contributed by atoms with Gasteiger partial charge in [0.1, 0.15) is 0 Å². The molecule has 3 aromatic rings. The molecule has 0 radical (unpaired) electrons. The fourth-order valence-electron chi connectivity index (χ4n) is 3.21. The third-order valence-corrected chi connectivity index (χ3v) is 6.22. The van der Waals surface area contributed by atoms with E-state index in [9.17, 15) is 14.4 Å². The number of thioether (sulfide) groups is 1. The van der Waals surface area contributed by atoms with Crippen molar-refractivity contribution in [1.82, 2.24) is 0 Å². The number of esters is 1. The number of rotatable bonds is 9. The van der Waals surface area contributed by atoms with Crippen molar-refractivity contribution in [2.75, 3.05) is 17.7 Å². The molecule has 0 spiro atoms. The molecule has 7 heteroatoms. The van der Waals surface area contributed by atoms with E-state index in [1.807, 2.05) is 61.5 Å². The molecule has 0 aliphatic carbocycles. The van der Waals surface area contributed by atoms with E-state index in [0.717, 1.165) is 10.5 Å². The second kappa shape index (κ2) is 11.9. The van der Waals surface area contributed by atoms with E-state index >= 15 is 0 Å². The highest BCUT2D eigenvalue weighted by molar-refractivity contribution is 8.00. The summed E-state index contributed by atoms with van der Waals surface area (Å²) in [5.74, 6) is -0.824. The van der Waals surface area contributed by atoms with Gasteiger partial charge in [-0.25, -0.2) is 4.79 Å². The fraction of sp³-hybridized carbons (Fsp3) is 0.192. The van der Waals surface area contributed by atoms with E-state index in [4.69, 9.17) is 4.74 Å². The molecule has 1 unspecified atom stereocenters. The van der Waals surface area contributed by atoms with Crippen LogP contribution in [0.4, 0.5) is 11.4 Å². The molecule has 170 valence electrons. The lowest BCUT2D eigenvalue weighted by atomic mass is 10.1. The molecule has 0 bridgehead atoms. The number of ether oxygens (including phenoxy) is 1. The normalized spacial score (nSPS) is 11.3. The van der Waals surface area contributed by atoms with E-state index < -0.39 is 5.97 Å². The maximum Gasteiger partial charge on any atom is 0.339 e. The quantitative estimate of drug-likeness (QED) is 0.339. The molecule has 0 aliphatic rings. The minimum absolute atomic E-state index is 0.104. The first kappa shape index (κ1) is 24.1. The Morgan fingerprint density at radius 2 is 1.64 bits per heavy atom. The van der Waals surface area contributed by atoms with Gasteiger partial charge in [0.2, 0.25) is 11.8 Å². The molecule has 1 atom stereocenters. The lowest BCUT2D eigenvalue weighted by Gasteiger charge is -2.16. The number of carbonyl (C=O) groups excluding carboxylic acids is 3. The number of amides is 2. The molecular weight excluding hydrogens is 436 g/mol. The molecule has 0 saturated heterocycles. The SMILES string of the molecule is CCC(Sc1cccc(NC(=O)Cc2ccccc2)c1)C(=O)Nc1ccccc1C(=O)OC. The maximum atomic E-state index is 12.9. The van der Waals surface area contributed by atoms with Crippen LogP contribution in [0.25, 0.3) is 0 Å². The van der Waals surface area contributed by atoms with Crippen LogP contribution in [0.1, 0.15) is 29.3 Å². The minimum Gasteiger partial charge on any atom is -0.465 e. The maximum absolute atomic E-state index is 12.9. The number of para-hydroxylation sites is 1. The van der Waals surface area contributed by atoms with Gasteiger partial charge in [-0.15, -0.1) is 11.8 Å². The second-order valence-corrected chi connectivity index (χ2v) is 8.56. The fourth-order valence-corrected chi connectivity index (χ4v) is 4.23. The molecule has 0 aromatic heterocycles. The zero-order chi connectivity index (χ0) is 23.6. The predicted octanol–water partition coefficient (Wildman–Crippen LogP) is 5.16. The van der Waals surface area contributed by atoms with Crippen LogP contribution in [0, 0.1) is 0 Å². The van der Waals surface area contributed by atoms with Crippen molar-refractivity contribution in [2.45, 2.75) is 29.9 Å². The molecule has 3 rings (SSSR count). The van der Waals surface area contributed by atoms with Crippen LogP contribution in [0.3, 0.4) is 0 Å². The van der Waals surface area contributed by atoms with E-state index in [0.29, 0.717) is 23.4 Å². The predicted molar refractivity (Wildman–Crippen MR) is 132 cm³/mol. The van der Waals surface area contributed by atoms with Crippen LogP contribution in [0.5, 0.6) is 0 Å². The zero-order valence-corrected chi connectivity index (χ0v) is 19.4. The van der Waals surface area contributed by atoms with Crippen LogP contribution >= 0.6 is 11.8 Å². The first-order chi connectivity index (χ1) is 16.0. The third-order valence-electron chi connectivity index (χ3n) is 4.86. The van der Waals surface area contributed by atoms with E-state index in [1.165, 1.54) is 18.9 Å². The summed E-state index contributed by atoms with van der Waals surface area (Å²) in [4.78, 5) is 38.1. The van der Waals surface area contributed by atoms with Gasteiger partial charge in [0.25, 0.3) is 0 Å². The van der Waals surface area contributed by atoms with Crippen molar-refractivity contribution in [1.29, 1.82) is 0 Å². The summed E-state index contributed by atoms with van der Waals surface area (Å²) in [5.41, 5.74) is 2.33.